The monoisotopic (exact) mass is 396 g/mol. The molecule has 0 atom stereocenters. The van der Waals surface area contributed by atoms with Crippen LogP contribution >= 0.6 is 24.0 Å². The van der Waals surface area contributed by atoms with Crippen LogP contribution in [0, 0.1) is 5.41 Å². The molecule has 20 heavy (non-hydrogen) atoms. The van der Waals surface area contributed by atoms with Gasteiger partial charge in [0.1, 0.15) is 0 Å². The second-order valence-electron chi connectivity index (χ2n) is 7.21. The van der Waals surface area contributed by atoms with Crippen molar-refractivity contribution < 1.29 is 0 Å². The first-order valence-corrected chi connectivity index (χ1v) is 7.39. The van der Waals surface area contributed by atoms with Crippen LogP contribution in [0.2, 0.25) is 0 Å². The summed E-state index contributed by atoms with van der Waals surface area (Å²) < 4.78 is 0. The molecule has 0 radical (unpaired) electrons. The maximum Gasteiger partial charge on any atom is 0.193 e. The summed E-state index contributed by atoms with van der Waals surface area (Å²) in [6.07, 6.45) is 1.24. The maximum absolute atomic E-state index is 4.84. The Morgan fingerprint density at radius 2 is 1.95 bits per heavy atom. The number of aliphatic imine (C=N–C) groups is 1. The van der Waals surface area contributed by atoms with E-state index in [1.807, 2.05) is 0 Å². The van der Waals surface area contributed by atoms with Crippen molar-refractivity contribution in [1.82, 2.24) is 15.1 Å². The zero-order chi connectivity index (χ0) is 14.7. The Balaban J connectivity index is 0.00000361. The highest BCUT2D eigenvalue weighted by Gasteiger charge is 2.31. The number of likely N-dealkylation sites (tertiary alicyclic amines) is 1. The molecule has 5 heteroatoms. The standard InChI is InChI=1S/C15H32N4.HI/c1-8-16-13(17-11-15(4,5)18(6)7)19-10-9-14(2,3)12-19;/h8-12H2,1-7H3,(H,16,17);1H. The first-order chi connectivity index (χ1) is 8.68. The Morgan fingerprint density at radius 3 is 2.35 bits per heavy atom. The van der Waals surface area contributed by atoms with Gasteiger partial charge in [-0.1, -0.05) is 13.8 Å². The first kappa shape index (κ1) is 20.0. The van der Waals surface area contributed by atoms with E-state index in [4.69, 9.17) is 4.99 Å². The topological polar surface area (TPSA) is 30.9 Å². The van der Waals surface area contributed by atoms with Crippen LogP contribution in [0.25, 0.3) is 0 Å². The predicted octanol–water partition coefficient (Wildman–Crippen LogP) is 2.64. The van der Waals surface area contributed by atoms with Crippen molar-refractivity contribution >= 4 is 29.9 Å². The van der Waals surface area contributed by atoms with Crippen LogP contribution in [0.15, 0.2) is 4.99 Å². The molecule has 0 aromatic rings. The van der Waals surface area contributed by atoms with E-state index in [2.05, 4.69) is 63.8 Å². The highest BCUT2D eigenvalue weighted by atomic mass is 127. The van der Waals surface area contributed by atoms with Gasteiger partial charge in [-0.2, -0.15) is 0 Å². The summed E-state index contributed by atoms with van der Waals surface area (Å²) in [6, 6.07) is 0. The number of nitrogens with one attached hydrogen (secondary N) is 1. The normalized spacial score (nSPS) is 19.2. The molecule has 1 saturated heterocycles. The molecule has 0 unspecified atom stereocenters. The number of halogens is 1. The molecule has 0 aromatic heterocycles. The van der Waals surface area contributed by atoms with Crippen molar-refractivity contribution in [2.24, 2.45) is 10.4 Å². The first-order valence-electron chi connectivity index (χ1n) is 7.39. The van der Waals surface area contributed by atoms with E-state index in [0.29, 0.717) is 5.41 Å². The van der Waals surface area contributed by atoms with Gasteiger partial charge in [0.15, 0.2) is 5.96 Å². The lowest BCUT2D eigenvalue weighted by molar-refractivity contribution is 0.204. The molecule has 1 rings (SSSR count). The molecule has 120 valence electrons. The van der Waals surface area contributed by atoms with Crippen molar-refractivity contribution in [2.75, 3.05) is 40.3 Å². The maximum atomic E-state index is 4.84. The second kappa shape index (κ2) is 7.82. The van der Waals surface area contributed by atoms with Crippen LogP contribution in [-0.2, 0) is 0 Å². The van der Waals surface area contributed by atoms with Gasteiger partial charge in [-0.05, 0) is 46.7 Å². The third-order valence-corrected chi connectivity index (χ3v) is 4.14. The smallest absolute Gasteiger partial charge is 0.193 e. The van der Waals surface area contributed by atoms with Gasteiger partial charge in [0.05, 0.1) is 6.54 Å². The fourth-order valence-corrected chi connectivity index (χ4v) is 2.13. The van der Waals surface area contributed by atoms with Gasteiger partial charge in [0.2, 0.25) is 0 Å². The van der Waals surface area contributed by atoms with E-state index in [0.717, 1.165) is 32.1 Å². The summed E-state index contributed by atoms with van der Waals surface area (Å²) in [4.78, 5) is 9.47. The fourth-order valence-electron chi connectivity index (χ4n) is 2.13. The van der Waals surface area contributed by atoms with E-state index in [1.165, 1.54) is 6.42 Å². The van der Waals surface area contributed by atoms with Crippen LogP contribution in [0.4, 0.5) is 0 Å². The Morgan fingerprint density at radius 1 is 1.35 bits per heavy atom. The summed E-state index contributed by atoms with van der Waals surface area (Å²) >= 11 is 0. The number of likely N-dealkylation sites (N-methyl/N-ethyl adjacent to an activating group) is 1. The molecule has 0 saturated carbocycles. The third kappa shape index (κ3) is 5.76. The SMILES string of the molecule is CCNC(=NCC(C)(C)N(C)C)N1CCC(C)(C)C1.I. The summed E-state index contributed by atoms with van der Waals surface area (Å²) in [5.74, 6) is 1.07. The second-order valence-corrected chi connectivity index (χ2v) is 7.21. The lowest BCUT2D eigenvalue weighted by atomic mass is 9.93. The minimum absolute atomic E-state index is 0. The molecule has 1 N–H and O–H groups in total. The van der Waals surface area contributed by atoms with Crippen LogP contribution < -0.4 is 5.32 Å². The molecular formula is C15H33IN4. The number of hydrogen-bond donors (Lipinski definition) is 1. The molecule has 1 heterocycles. The molecule has 4 nitrogen and oxygen atoms in total. The zero-order valence-electron chi connectivity index (χ0n) is 14.3. The van der Waals surface area contributed by atoms with E-state index in [1.54, 1.807) is 0 Å². The summed E-state index contributed by atoms with van der Waals surface area (Å²) in [5, 5.41) is 3.43. The molecule has 1 fully saturated rings. The third-order valence-electron chi connectivity index (χ3n) is 4.14. The molecular weight excluding hydrogens is 363 g/mol. The van der Waals surface area contributed by atoms with Gasteiger partial charge in [-0.15, -0.1) is 24.0 Å². The van der Waals surface area contributed by atoms with Crippen molar-refractivity contribution in [3.63, 3.8) is 0 Å². The number of guanidine groups is 1. The average molecular weight is 396 g/mol. The largest absolute Gasteiger partial charge is 0.357 e. The predicted molar refractivity (Wildman–Crippen MR) is 99.1 cm³/mol. The zero-order valence-corrected chi connectivity index (χ0v) is 16.6. The molecule has 1 aliphatic heterocycles. The van der Waals surface area contributed by atoms with Gasteiger partial charge in [-0.25, -0.2) is 0 Å². The van der Waals surface area contributed by atoms with E-state index in [-0.39, 0.29) is 29.5 Å². The average Bonchev–Trinajstić information content (AvgIpc) is 2.64. The summed E-state index contributed by atoms with van der Waals surface area (Å²) in [7, 11) is 4.23. The Hall–Kier alpha value is -0.0400. The summed E-state index contributed by atoms with van der Waals surface area (Å²) in [5.41, 5.74) is 0.503. The quantitative estimate of drug-likeness (QED) is 0.450. The van der Waals surface area contributed by atoms with Gasteiger partial charge in [0.25, 0.3) is 0 Å². The molecule has 1 aliphatic rings. The number of rotatable bonds is 4. The van der Waals surface area contributed by atoms with E-state index >= 15 is 0 Å². The fraction of sp³-hybridized carbons (Fsp3) is 0.933. The van der Waals surface area contributed by atoms with Gasteiger partial charge >= 0.3 is 0 Å². The molecule has 0 bridgehead atoms. The van der Waals surface area contributed by atoms with Gasteiger partial charge in [0, 0.05) is 25.2 Å². The van der Waals surface area contributed by atoms with Crippen LogP contribution in [0.3, 0.4) is 0 Å². The van der Waals surface area contributed by atoms with Crippen molar-refractivity contribution in [3.05, 3.63) is 0 Å². The van der Waals surface area contributed by atoms with E-state index < -0.39 is 0 Å². The number of hydrogen-bond acceptors (Lipinski definition) is 2. The minimum Gasteiger partial charge on any atom is -0.357 e. The van der Waals surface area contributed by atoms with Crippen molar-refractivity contribution in [3.8, 4) is 0 Å². The van der Waals surface area contributed by atoms with Crippen molar-refractivity contribution in [2.45, 2.75) is 46.6 Å². The molecule has 0 aliphatic carbocycles. The van der Waals surface area contributed by atoms with Gasteiger partial charge < -0.3 is 15.1 Å². The molecule has 0 aromatic carbocycles. The number of nitrogens with zero attached hydrogens (tertiary/aromatic N) is 3. The minimum atomic E-state index is 0. The Labute approximate surface area is 142 Å². The van der Waals surface area contributed by atoms with Gasteiger partial charge in [-0.3, -0.25) is 4.99 Å². The highest BCUT2D eigenvalue weighted by molar-refractivity contribution is 14.0. The van der Waals surface area contributed by atoms with Crippen LogP contribution in [-0.4, -0.2) is 61.6 Å². The Kier molecular flexibility index (Phi) is 7.81. The molecule has 0 spiro atoms. The lowest BCUT2D eigenvalue weighted by Crippen LogP contribution is -2.45. The molecule has 0 amide bonds. The lowest BCUT2D eigenvalue weighted by Gasteiger charge is -2.32. The summed E-state index contributed by atoms with van der Waals surface area (Å²) in [6.45, 7) is 15.2. The van der Waals surface area contributed by atoms with Crippen molar-refractivity contribution in [1.29, 1.82) is 0 Å². The van der Waals surface area contributed by atoms with Crippen LogP contribution in [0.1, 0.15) is 41.0 Å². The van der Waals surface area contributed by atoms with Crippen LogP contribution in [0.5, 0.6) is 0 Å². The Bertz CT molecular complexity index is 324. The van der Waals surface area contributed by atoms with E-state index in [9.17, 15) is 0 Å². The highest BCUT2D eigenvalue weighted by Crippen LogP contribution is 2.28.